The number of aliphatic carboxylic acids is 1. The fourth-order valence-corrected chi connectivity index (χ4v) is 4.22. The van der Waals surface area contributed by atoms with Gasteiger partial charge in [0.2, 0.25) is 6.79 Å². The fraction of sp³-hybridized carbons (Fsp3) is 0.222. The van der Waals surface area contributed by atoms with Crippen molar-refractivity contribution in [2.45, 2.75) is 30.6 Å². The number of rotatable bonds is 10. The molecule has 0 saturated carbocycles. The zero-order valence-corrected chi connectivity index (χ0v) is 20.6. The summed E-state index contributed by atoms with van der Waals surface area (Å²) >= 11 is 0. The van der Waals surface area contributed by atoms with Gasteiger partial charge in [-0.3, -0.25) is 9.59 Å². The van der Waals surface area contributed by atoms with Gasteiger partial charge in [-0.15, -0.1) is 0 Å². The average molecular weight is 563 g/mol. The van der Waals surface area contributed by atoms with Gasteiger partial charge in [-0.25, -0.2) is 9.88 Å². The Balaban J connectivity index is 1.84. The van der Waals surface area contributed by atoms with Gasteiger partial charge in [0.15, 0.2) is 5.76 Å². The van der Waals surface area contributed by atoms with Crippen molar-refractivity contribution in [2.75, 3.05) is 17.0 Å². The van der Waals surface area contributed by atoms with E-state index >= 15 is 0 Å². The van der Waals surface area contributed by atoms with Gasteiger partial charge in [0, 0.05) is 12.6 Å². The minimum absolute atomic E-state index is 0.00309. The van der Waals surface area contributed by atoms with Crippen LogP contribution in [0.25, 0.3) is 0 Å². The van der Waals surface area contributed by atoms with Gasteiger partial charge in [-0.05, 0) is 29.8 Å². The van der Waals surface area contributed by atoms with Crippen LogP contribution in [0.2, 0.25) is 0 Å². The summed E-state index contributed by atoms with van der Waals surface area (Å²) in [5, 5.41) is 12.6. The lowest BCUT2D eigenvalue weighted by Crippen LogP contribution is -2.55. The smallest absolute Gasteiger partial charge is 0.475 e. The first-order chi connectivity index (χ1) is 18.9. The normalized spacial score (nSPS) is 14.8. The van der Waals surface area contributed by atoms with Crippen molar-refractivity contribution >= 4 is 23.4 Å². The lowest BCUT2D eigenvalue weighted by molar-refractivity contribution is -0.277. The maximum atomic E-state index is 14.8. The van der Waals surface area contributed by atoms with E-state index in [1.807, 2.05) is 0 Å². The number of aromatic nitrogens is 1. The Labute approximate surface area is 224 Å². The number of carbonyl (C=O) groups is 2. The molecule has 0 aliphatic carbocycles. The molecular formula is C27H22F5N3O5. The number of benzene rings is 2. The van der Waals surface area contributed by atoms with Crippen molar-refractivity contribution in [1.29, 1.82) is 0 Å². The maximum absolute atomic E-state index is 14.8. The van der Waals surface area contributed by atoms with E-state index in [1.54, 1.807) is 30.3 Å². The second kappa shape index (κ2) is 11.2. The molecule has 0 spiro atoms. The first-order valence-electron chi connectivity index (χ1n) is 11.7. The quantitative estimate of drug-likeness (QED) is 0.245. The molecule has 1 aromatic heterocycles. The minimum Gasteiger partial charge on any atom is -0.481 e. The molecule has 8 nitrogen and oxygen atoms in total. The number of carboxylic acids is 1. The second-order valence-corrected chi connectivity index (χ2v) is 8.77. The largest absolute Gasteiger partial charge is 0.481 e. The van der Waals surface area contributed by atoms with Gasteiger partial charge in [0.25, 0.3) is 5.91 Å². The highest BCUT2D eigenvalue weighted by Gasteiger charge is 2.64. The van der Waals surface area contributed by atoms with Crippen LogP contribution in [0.5, 0.6) is 0 Å². The van der Waals surface area contributed by atoms with Crippen molar-refractivity contribution in [3.63, 3.8) is 0 Å². The van der Waals surface area contributed by atoms with Crippen LogP contribution in [0.15, 0.2) is 91.0 Å². The molecule has 2 heterocycles. The van der Waals surface area contributed by atoms with Gasteiger partial charge >= 0.3 is 18.2 Å². The molecule has 0 fully saturated rings. The molecule has 2 N–H and O–H groups in total. The molecule has 40 heavy (non-hydrogen) atoms. The number of carboxylic acid groups (broad SMARTS) is 1. The van der Waals surface area contributed by atoms with Crippen molar-refractivity contribution in [3.05, 3.63) is 102 Å². The van der Waals surface area contributed by atoms with Gasteiger partial charge in [-0.1, -0.05) is 48.5 Å². The first kappa shape index (κ1) is 28.3. The molecule has 1 aliphatic rings. The predicted octanol–water partition coefficient (Wildman–Crippen LogP) is 5.60. The van der Waals surface area contributed by atoms with E-state index in [-0.39, 0.29) is 19.0 Å². The molecule has 0 saturated heterocycles. The Morgan fingerprint density at radius 1 is 0.950 bits per heavy atom. The van der Waals surface area contributed by atoms with Crippen LogP contribution in [-0.4, -0.2) is 46.5 Å². The molecule has 13 heteroatoms. The third-order valence-corrected chi connectivity index (χ3v) is 5.98. The van der Waals surface area contributed by atoms with Crippen molar-refractivity contribution in [2.24, 2.45) is 0 Å². The number of amides is 1. The van der Waals surface area contributed by atoms with Crippen LogP contribution in [0.3, 0.4) is 0 Å². The number of carbonyl (C=O) groups excluding carboxylic acids is 1. The zero-order chi connectivity index (χ0) is 29.0. The van der Waals surface area contributed by atoms with E-state index < -0.39 is 58.0 Å². The van der Waals surface area contributed by atoms with Crippen molar-refractivity contribution in [3.8, 4) is 0 Å². The molecule has 0 bridgehead atoms. The van der Waals surface area contributed by atoms with Gasteiger partial charge in [-0.2, -0.15) is 22.0 Å². The van der Waals surface area contributed by atoms with E-state index in [0.29, 0.717) is 5.56 Å². The average Bonchev–Trinajstić information content (AvgIpc) is 3.45. The Morgan fingerprint density at radius 3 is 2.17 bits per heavy atom. The molecule has 4 rings (SSSR count). The number of nitrogens with one attached hydrogen (secondary N) is 1. The summed E-state index contributed by atoms with van der Waals surface area (Å²) in [5.41, 5.74) is -2.46. The summed E-state index contributed by atoms with van der Waals surface area (Å²) in [6.07, 6.45) is -4.52. The third kappa shape index (κ3) is 5.82. The monoisotopic (exact) mass is 563 g/mol. The van der Waals surface area contributed by atoms with Gasteiger partial charge < -0.3 is 19.9 Å². The number of pyridine rings is 1. The Morgan fingerprint density at radius 2 is 1.60 bits per heavy atom. The first-order valence-corrected chi connectivity index (χ1v) is 11.7. The number of hydrogen-bond donors (Lipinski definition) is 2. The fourth-order valence-electron chi connectivity index (χ4n) is 4.22. The van der Waals surface area contributed by atoms with E-state index in [0.717, 1.165) is 24.5 Å². The second-order valence-electron chi connectivity index (χ2n) is 8.77. The summed E-state index contributed by atoms with van der Waals surface area (Å²) in [7, 11) is 0. The predicted molar refractivity (Wildman–Crippen MR) is 132 cm³/mol. The number of hydrogen-bond acceptors (Lipinski definition) is 6. The van der Waals surface area contributed by atoms with E-state index in [2.05, 4.69) is 10.3 Å². The lowest BCUT2D eigenvalue weighted by atomic mass is 9.85. The Kier molecular flexibility index (Phi) is 7.93. The van der Waals surface area contributed by atoms with Crippen LogP contribution >= 0.6 is 0 Å². The van der Waals surface area contributed by atoms with Crippen LogP contribution < -0.4 is 10.2 Å². The number of ether oxygens (including phenoxy) is 2. The van der Waals surface area contributed by atoms with Gasteiger partial charge in [0.1, 0.15) is 17.6 Å². The zero-order valence-electron chi connectivity index (χ0n) is 20.6. The molecule has 1 aliphatic heterocycles. The standard InChI is InChI=1S/C27H22F5N3O5/c28-26(29,30)27(31,32)35(19-10-5-2-6-11-19)24(38)20-12-7-13-33-23(20)34-25(15-22(36)37,21-16-39-17-40-21)14-18-8-3-1-4-9-18/h1-13,16H,14-15,17H2,(H,33,34)(H,36,37). The van der Waals surface area contributed by atoms with Crippen LogP contribution in [-0.2, 0) is 20.7 Å². The van der Waals surface area contributed by atoms with Crippen LogP contribution in [0.4, 0.5) is 33.5 Å². The van der Waals surface area contributed by atoms with Crippen molar-refractivity contribution < 1.29 is 46.1 Å². The molecule has 1 atom stereocenters. The van der Waals surface area contributed by atoms with E-state index in [9.17, 15) is 36.6 Å². The molecule has 3 aromatic rings. The molecule has 1 unspecified atom stereocenters. The number of anilines is 2. The summed E-state index contributed by atoms with van der Waals surface area (Å²) in [5.74, 6) is -3.48. The van der Waals surface area contributed by atoms with Crippen LogP contribution in [0, 0.1) is 0 Å². The SMILES string of the molecule is O=C(O)CC(Cc1ccccc1)(Nc1ncccc1C(=O)N(c1ccccc1)C(F)(F)C(F)(F)F)C1=COCO1. The minimum atomic E-state index is -6.12. The number of alkyl halides is 5. The Bertz CT molecular complexity index is 1390. The summed E-state index contributed by atoms with van der Waals surface area (Å²) in [4.78, 5) is 28.9. The topological polar surface area (TPSA) is 101 Å². The lowest BCUT2D eigenvalue weighted by Gasteiger charge is -2.35. The van der Waals surface area contributed by atoms with E-state index in [4.69, 9.17) is 9.47 Å². The summed E-state index contributed by atoms with van der Waals surface area (Å²) < 4.78 is 80.8. The Hall–Kier alpha value is -4.68. The summed E-state index contributed by atoms with van der Waals surface area (Å²) in [6.45, 7) is -0.249. The number of halogens is 5. The highest BCUT2D eigenvalue weighted by Crippen LogP contribution is 2.42. The maximum Gasteiger partial charge on any atom is 0.475 e. The molecular weight excluding hydrogens is 541 g/mol. The van der Waals surface area contributed by atoms with Crippen molar-refractivity contribution in [1.82, 2.24) is 4.98 Å². The van der Waals surface area contributed by atoms with Crippen LogP contribution in [0.1, 0.15) is 22.3 Å². The highest BCUT2D eigenvalue weighted by atomic mass is 19.4. The number of para-hydroxylation sites is 1. The molecule has 210 valence electrons. The van der Waals surface area contributed by atoms with Gasteiger partial charge in [0.05, 0.1) is 17.7 Å². The molecule has 1 amide bonds. The molecule has 0 radical (unpaired) electrons. The summed E-state index contributed by atoms with van der Waals surface area (Å²) in [6, 6.07) is 10.8. The highest BCUT2D eigenvalue weighted by molar-refractivity contribution is 6.09. The molecule has 2 aromatic carbocycles. The third-order valence-electron chi connectivity index (χ3n) is 5.98. The number of nitrogens with zero attached hydrogens (tertiary/aromatic N) is 2. The van der Waals surface area contributed by atoms with E-state index in [1.165, 1.54) is 30.5 Å².